The van der Waals surface area contributed by atoms with E-state index in [0.717, 1.165) is 16.7 Å². The van der Waals surface area contributed by atoms with Crippen LogP contribution in [0.4, 0.5) is 0 Å². The molecule has 268 valence electrons. The summed E-state index contributed by atoms with van der Waals surface area (Å²) in [5.74, 6) is 1.98. The lowest BCUT2D eigenvalue weighted by molar-refractivity contribution is 1.07. The van der Waals surface area contributed by atoms with Crippen molar-refractivity contribution in [1.82, 2.24) is 15.0 Å². The summed E-state index contributed by atoms with van der Waals surface area (Å²) in [4.78, 5) is 15.3. The molecule has 0 spiro atoms. The third kappa shape index (κ3) is 5.60. The van der Waals surface area contributed by atoms with Gasteiger partial charge in [-0.2, -0.15) is 0 Å². The molecule has 0 bridgehead atoms. The van der Waals surface area contributed by atoms with Crippen LogP contribution in [-0.4, -0.2) is 15.0 Å². The molecule has 0 fully saturated rings. The number of aryl methyl sites for hydroxylation is 2. The third-order valence-electron chi connectivity index (χ3n) is 11.4. The smallest absolute Gasteiger partial charge is 0.164 e. The van der Waals surface area contributed by atoms with E-state index >= 15 is 0 Å². The molecule has 2 heterocycles. The van der Waals surface area contributed by atoms with Crippen molar-refractivity contribution in [3.8, 4) is 56.4 Å². The Hall–Kier alpha value is -7.01. The van der Waals surface area contributed by atoms with Crippen LogP contribution in [0.5, 0.6) is 0 Å². The predicted octanol–water partition coefficient (Wildman–Crippen LogP) is 14.7. The van der Waals surface area contributed by atoms with Crippen LogP contribution in [0.3, 0.4) is 0 Å². The van der Waals surface area contributed by atoms with Crippen molar-refractivity contribution in [3.05, 3.63) is 187 Å². The Morgan fingerprint density at radius 3 is 1.54 bits per heavy atom. The molecule has 11 aromatic rings. The molecule has 0 atom stereocenters. The van der Waals surface area contributed by atoms with Gasteiger partial charge >= 0.3 is 0 Å². The number of thiophene rings is 1. The van der Waals surface area contributed by atoms with Crippen LogP contribution in [0.15, 0.2) is 176 Å². The maximum absolute atomic E-state index is 5.14. The Bertz CT molecular complexity index is 3350. The van der Waals surface area contributed by atoms with Gasteiger partial charge in [-0.1, -0.05) is 152 Å². The molecule has 0 aliphatic heterocycles. The zero-order valence-electron chi connectivity index (χ0n) is 31.5. The Balaban J connectivity index is 1.05. The first-order chi connectivity index (χ1) is 28.1. The van der Waals surface area contributed by atoms with Gasteiger partial charge in [-0.25, -0.2) is 15.0 Å². The fraction of sp³-hybridized carbons (Fsp3) is 0.0377. The normalized spacial score (nSPS) is 11.7. The lowest BCUT2D eigenvalue weighted by atomic mass is 9.91. The van der Waals surface area contributed by atoms with Crippen LogP contribution in [0.2, 0.25) is 0 Å². The van der Waals surface area contributed by atoms with E-state index in [1.807, 2.05) is 29.5 Å². The molecule has 9 aromatic carbocycles. The largest absolute Gasteiger partial charge is 0.208 e. The molecule has 3 nitrogen and oxygen atoms in total. The second kappa shape index (κ2) is 13.3. The average Bonchev–Trinajstić information content (AvgIpc) is 3.65. The highest BCUT2D eigenvalue weighted by molar-refractivity contribution is 7.26. The lowest BCUT2D eigenvalue weighted by Gasteiger charge is -2.13. The molecule has 0 saturated heterocycles. The summed E-state index contributed by atoms with van der Waals surface area (Å²) >= 11 is 1.82. The van der Waals surface area contributed by atoms with Gasteiger partial charge in [0.2, 0.25) is 0 Å². The quantitative estimate of drug-likeness (QED) is 0.165. The van der Waals surface area contributed by atoms with Crippen LogP contribution in [0, 0.1) is 13.8 Å². The minimum Gasteiger partial charge on any atom is -0.208 e. The van der Waals surface area contributed by atoms with Crippen LogP contribution in [0.1, 0.15) is 11.1 Å². The van der Waals surface area contributed by atoms with E-state index in [-0.39, 0.29) is 0 Å². The summed E-state index contributed by atoms with van der Waals surface area (Å²) in [6, 6.07) is 63.2. The summed E-state index contributed by atoms with van der Waals surface area (Å²) in [6.45, 7) is 4.32. The highest BCUT2D eigenvalue weighted by Crippen LogP contribution is 2.43. The number of nitrogens with zero attached hydrogens (tertiary/aromatic N) is 3. The van der Waals surface area contributed by atoms with E-state index in [0.29, 0.717) is 17.5 Å². The zero-order valence-corrected chi connectivity index (χ0v) is 32.3. The van der Waals surface area contributed by atoms with Crippen LogP contribution < -0.4 is 0 Å². The molecular formula is C53H35N3S. The molecule has 2 aromatic heterocycles. The van der Waals surface area contributed by atoms with E-state index in [1.165, 1.54) is 85.9 Å². The second-order valence-electron chi connectivity index (χ2n) is 14.9. The third-order valence-corrected chi connectivity index (χ3v) is 12.5. The van der Waals surface area contributed by atoms with Gasteiger partial charge in [0, 0.05) is 36.9 Å². The maximum Gasteiger partial charge on any atom is 0.164 e. The first kappa shape index (κ1) is 33.3. The van der Waals surface area contributed by atoms with Gasteiger partial charge in [0.1, 0.15) is 0 Å². The second-order valence-corrected chi connectivity index (χ2v) is 15.9. The van der Waals surface area contributed by atoms with Gasteiger partial charge in [-0.3, -0.25) is 0 Å². The molecule has 11 rings (SSSR count). The van der Waals surface area contributed by atoms with Crippen molar-refractivity contribution in [2.75, 3.05) is 0 Å². The monoisotopic (exact) mass is 745 g/mol. The van der Waals surface area contributed by atoms with Crippen molar-refractivity contribution in [2.45, 2.75) is 13.8 Å². The summed E-state index contributed by atoms with van der Waals surface area (Å²) < 4.78 is 2.46. The van der Waals surface area contributed by atoms with Crippen LogP contribution in [0.25, 0.3) is 109 Å². The molecule has 0 radical (unpaired) electrons. The van der Waals surface area contributed by atoms with Gasteiger partial charge < -0.3 is 0 Å². The Morgan fingerprint density at radius 2 is 0.842 bits per heavy atom. The van der Waals surface area contributed by atoms with E-state index in [4.69, 9.17) is 15.0 Å². The van der Waals surface area contributed by atoms with Gasteiger partial charge in [-0.15, -0.1) is 11.3 Å². The van der Waals surface area contributed by atoms with Crippen molar-refractivity contribution >= 4 is 63.8 Å². The Kier molecular flexibility index (Phi) is 7.80. The van der Waals surface area contributed by atoms with E-state index in [2.05, 4.69) is 172 Å². The fourth-order valence-corrected chi connectivity index (χ4v) is 9.78. The van der Waals surface area contributed by atoms with Gasteiger partial charge in [-0.05, 0) is 104 Å². The molecule has 0 unspecified atom stereocenters. The molecule has 57 heavy (non-hydrogen) atoms. The number of rotatable bonds is 5. The molecule has 0 aliphatic carbocycles. The predicted molar refractivity (Wildman–Crippen MR) is 242 cm³/mol. The first-order valence-electron chi connectivity index (χ1n) is 19.4. The molecule has 4 heteroatoms. The number of hydrogen-bond acceptors (Lipinski definition) is 4. The Labute approximate surface area is 334 Å². The van der Waals surface area contributed by atoms with Crippen molar-refractivity contribution in [3.63, 3.8) is 0 Å². The van der Waals surface area contributed by atoms with Gasteiger partial charge in [0.15, 0.2) is 17.5 Å². The van der Waals surface area contributed by atoms with Gasteiger partial charge in [0.25, 0.3) is 0 Å². The highest BCUT2D eigenvalue weighted by atomic mass is 32.1. The minimum atomic E-state index is 0.659. The minimum absolute atomic E-state index is 0.659. The maximum atomic E-state index is 5.14. The molecule has 0 aliphatic rings. The van der Waals surface area contributed by atoms with Crippen LogP contribution in [-0.2, 0) is 0 Å². The number of benzene rings is 9. The van der Waals surface area contributed by atoms with E-state index in [9.17, 15) is 0 Å². The summed E-state index contributed by atoms with van der Waals surface area (Å²) in [7, 11) is 0. The fourth-order valence-electron chi connectivity index (χ4n) is 8.61. The summed E-state index contributed by atoms with van der Waals surface area (Å²) in [5.41, 5.74) is 10.2. The molecular weight excluding hydrogens is 711 g/mol. The summed E-state index contributed by atoms with van der Waals surface area (Å²) in [5, 5.41) is 10.2. The Morgan fingerprint density at radius 1 is 0.316 bits per heavy atom. The molecule has 0 saturated carbocycles. The van der Waals surface area contributed by atoms with Crippen LogP contribution >= 0.6 is 11.3 Å². The van der Waals surface area contributed by atoms with Gasteiger partial charge in [0.05, 0.1) is 0 Å². The molecule has 0 amide bonds. The number of aromatic nitrogens is 3. The number of hydrogen-bond donors (Lipinski definition) is 0. The molecule has 0 N–H and O–H groups in total. The first-order valence-corrected chi connectivity index (χ1v) is 20.2. The lowest BCUT2D eigenvalue weighted by Crippen LogP contribution is -2.00. The highest BCUT2D eigenvalue weighted by Gasteiger charge is 2.18. The topological polar surface area (TPSA) is 38.7 Å². The average molecular weight is 746 g/mol. The zero-order chi connectivity index (χ0) is 38.0. The van der Waals surface area contributed by atoms with Crippen molar-refractivity contribution in [2.24, 2.45) is 0 Å². The van der Waals surface area contributed by atoms with E-state index in [1.54, 1.807) is 0 Å². The van der Waals surface area contributed by atoms with E-state index < -0.39 is 0 Å². The summed E-state index contributed by atoms with van der Waals surface area (Å²) in [6.07, 6.45) is 0. The SMILES string of the molecule is Cc1ccccc1-c1ccc(-c2nc(-c3ccccc3)nc(-c3ccc4c(c3)sc3cccc(-c5ccc6c7ccccc7c7ccccc7c6c5)c34)n2)cc1C. The van der Waals surface area contributed by atoms with Crippen molar-refractivity contribution < 1.29 is 0 Å². The standard InChI is InChI=1S/C53H35N3S/c1-32-13-6-7-16-38(32)39-26-24-36(29-33(39)2)52-54-51(34-14-4-3-5-15-34)55-53(56-52)37-25-28-46-49(31-37)57-48-22-12-21-40(50(46)48)35-23-27-45-43-19-9-8-17-41(43)42-18-10-11-20-44(42)47(45)30-35/h3-31H,1-2H3. The number of fused-ring (bicyclic) bond motifs is 9. The van der Waals surface area contributed by atoms with Crippen molar-refractivity contribution in [1.29, 1.82) is 0 Å².